The fourth-order valence-corrected chi connectivity index (χ4v) is 4.48. The second-order valence-electron chi connectivity index (χ2n) is 6.95. The molecule has 31 heavy (non-hydrogen) atoms. The number of hydrogen-bond donors (Lipinski definition) is 2. The molecule has 0 aliphatic carbocycles. The lowest BCUT2D eigenvalue weighted by molar-refractivity contribution is -0.122. The van der Waals surface area contributed by atoms with Gasteiger partial charge in [0, 0.05) is 6.54 Å². The summed E-state index contributed by atoms with van der Waals surface area (Å²) in [5.74, 6) is 3.43. The summed E-state index contributed by atoms with van der Waals surface area (Å²) in [5, 5.41) is 2.84. The number of terminal acetylenes is 1. The first-order chi connectivity index (χ1) is 14.9. The van der Waals surface area contributed by atoms with Crippen LogP contribution in [0.25, 0.3) is 0 Å². The minimum atomic E-state index is -3.79. The molecule has 0 aliphatic rings. The molecule has 0 saturated heterocycles. The van der Waals surface area contributed by atoms with Gasteiger partial charge in [0.05, 0.1) is 4.90 Å². The van der Waals surface area contributed by atoms with Crippen molar-refractivity contribution in [3.8, 4) is 18.1 Å². The minimum Gasteiger partial charge on any atom is -0.481 e. The Kier molecular flexibility index (Phi) is 9.92. The number of amides is 1. The van der Waals surface area contributed by atoms with Crippen molar-refractivity contribution in [1.29, 1.82) is 0 Å². The standard InChI is InChI=1S/C23H28N2O4S2/c1-4-16-29-20-9-7-19(8-10-20)13-15-24-23(26)22(14-17-30-3)25-31(27,28)21-11-5-18(2)6-12-21/h1,5-12,22,25H,13-17H2,2-3H3,(H,24,26). The molecule has 0 heterocycles. The molecule has 8 heteroatoms. The van der Waals surface area contributed by atoms with Crippen molar-refractivity contribution in [2.75, 3.05) is 25.2 Å². The third-order valence-corrected chi connectivity index (χ3v) is 6.65. The third-order valence-electron chi connectivity index (χ3n) is 4.51. The molecule has 2 aromatic rings. The molecule has 166 valence electrons. The van der Waals surface area contributed by atoms with Crippen molar-refractivity contribution in [3.05, 3.63) is 59.7 Å². The molecule has 6 nitrogen and oxygen atoms in total. The van der Waals surface area contributed by atoms with Crippen LogP contribution in [0.5, 0.6) is 5.75 Å². The topological polar surface area (TPSA) is 84.5 Å². The number of ether oxygens (including phenoxy) is 1. The van der Waals surface area contributed by atoms with Crippen LogP contribution in [0.2, 0.25) is 0 Å². The number of benzene rings is 2. The Morgan fingerprint density at radius 3 is 2.45 bits per heavy atom. The fraction of sp³-hybridized carbons (Fsp3) is 0.348. The first-order valence-electron chi connectivity index (χ1n) is 9.86. The van der Waals surface area contributed by atoms with E-state index in [0.29, 0.717) is 30.9 Å². The van der Waals surface area contributed by atoms with Gasteiger partial charge in [0.2, 0.25) is 15.9 Å². The molecule has 1 unspecified atom stereocenters. The zero-order valence-corrected chi connectivity index (χ0v) is 19.4. The van der Waals surface area contributed by atoms with E-state index in [1.807, 2.05) is 37.4 Å². The van der Waals surface area contributed by atoms with Crippen molar-refractivity contribution in [3.63, 3.8) is 0 Å². The lowest BCUT2D eigenvalue weighted by Crippen LogP contribution is -2.47. The summed E-state index contributed by atoms with van der Waals surface area (Å²) < 4.78 is 33.3. The average Bonchev–Trinajstić information content (AvgIpc) is 2.76. The van der Waals surface area contributed by atoms with E-state index in [0.717, 1.165) is 11.1 Å². The predicted octanol–water partition coefficient (Wildman–Crippen LogP) is 2.77. The molecule has 0 saturated carbocycles. The molecular formula is C23H28N2O4S2. The maximum absolute atomic E-state index is 12.7. The highest BCUT2D eigenvalue weighted by molar-refractivity contribution is 7.98. The number of hydrogen-bond acceptors (Lipinski definition) is 5. The Hall–Kier alpha value is -2.47. The van der Waals surface area contributed by atoms with E-state index in [1.54, 1.807) is 23.9 Å². The second kappa shape index (κ2) is 12.4. The van der Waals surface area contributed by atoms with Gasteiger partial charge in [-0.1, -0.05) is 35.7 Å². The quantitative estimate of drug-likeness (QED) is 0.476. The Labute approximate surface area is 189 Å². The van der Waals surface area contributed by atoms with E-state index in [4.69, 9.17) is 11.2 Å². The third kappa shape index (κ3) is 8.29. The Morgan fingerprint density at radius 2 is 1.84 bits per heavy atom. The van der Waals surface area contributed by atoms with Gasteiger partial charge in [0.25, 0.3) is 0 Å². The van der Waals surface area contributed by atoms with Crippen LogP contribution in [0.15, 0.2) is 53.4 Å². The number of carbonyl (C=O) groups is 1. The number of thioether (sulfide) groups is 1. The van der Waals surface area contributed by atoms with E-state index in [9.17, 15) is 13.2 Å². The zero-order chi connectivity index (χ0) is 22.7. The summed E-state index contributed by atoms with van der Waals surface area (Å²) in [7, 11) is -3.79. The van der Waals surface area contributed by atoms with Gasteiger partial charge in [-0.3, -0.25) is 4.79 Å². The number of sulfonamides is 1. The molecule has 1 atom stereocenters. The Balaban J connectivity index is 1.94. The van der Waals surface area contributed by atoms with Crippen molar-refractivity contribution in [2.24, 2.45) is 0 Å². The van der Waals surface area contributed by atoms with Gasteiger partial charge in [-0.05, 0) is 61.6 Å². The first-order valence-corrected chi connectivity index (χ1v) is 12.7. The highest BCUT2D eigenvalue weighted by Gasteiger charge is 2.25. The molecule has 0 spiro atoms. The van der Waals surface area contributed by atoms with Gasteiger partial charge in [-0.2, -0.15) is 16.5 Å². The van der Waals surface area contributed by atoms with Crippen molar-refractivity contribution < 1.29 is 17.9 Å². The van der Waals surface area contributed by atoms with Crippen LogP contribution in [0.1, 0.15) is 17.5 Å². The lowest BCUT2D eigenvalue weighted by Gasteiger charge is -2.18. The lowest BCUT2D eigenvalue weighted by atomic mass is 10.1. The molecule has 0 radical (unpaired) electrons. The summed E-state index contributed by atoms with van der Waals surface area (Å²) in [5.41, 5.74) is 1.99. The first kappa shape index (κ1) is 24.8. The van der Waals surface area contributed by atoms with Gasteiger partial charge >= 0.3 is 0 Å². The monoisotopic (exact) mass is 460 g/mol. The van der Waals surface area contributed by atoms with E-state index in [2.05, 4.69) is 16.0 Å². The molecular weight excluding hydrogens is 432 g/mol. The molecule has 1 amide bonds. The number of nitrogens with one attached hydrogen (secondary N) is 2. The van der Waals surface area contributed by atoms with Crippen molar-refractivity contribution in [2.45, 2.75) is 30.7 Å². The fourth-order valence-electron chi connectivity index (χ4n) is 2.78. The molecule has 2 N–H and O–H groups in total. The van der Waals surface area contributed by atoms with Crippen LogP contribution in [-0.4, -0.2) is 45.5 Å². The largest absolute Gasteiger partial charge is 0.481 e. The summed E-state index contributed by atoms with van der Waals surface area (Å²) >= 11 is 1.56. The maximum atomic E-state index is 12.7. The molecule has 0 aliphatic heterocycles. The summed E-state index contributed by atoms with van der Waals surface area (Å²) in [6.45, 7) is 2.49. The van der Waals surface area contributed by atoms with E-state index in [1.165, 1.54) is 12.1 Å². The Bertz CT molecular complexity index is 982. The van der Waals surface area contributed by atoms with Crippen molar-refractivity contribution >= 4 is 27.7 Å². The maximum Gasteiger partial charge on any atom is 0.241 e. The summed E-state index contributed by atoms with van der Waals surface area (Å²) in [6.07, 6.45) is 8.10. The number of rotatable bonds is 12. The highest BCUT2D eigenvalue weighted by atomic mass is 32.2. The van der Waals surface area contributed by atoms with Crippen molar-refractivity contribution in [1.82, 2.24) is 10.0 Å². The van der Waals surface area contributed by atoms with Gasteiger partial charge in [0.15, 0.2) is 0 Å². The Morgan fingerprint density at radius 1 is 1.16 bits per heavy atom. The van der Waals surface area contributed by atoms with Crippen LogP contribution >= 0.6 is 11.8 Å². The van der Waals surface area contributed by atoms with Gasteiger partial charge < -0.3 is 10.1 Å². The smallest absolute Gasteiger partial charge is 0.241 e. The van der Waals surface area contributed by atoms with Gasteiger partial charge in [-0.15, -0.1) is 6.42 Å². The molecule has 0 aromatic heterocycles. The van der Waals surface area contributed by atoms with Crippen LogP contribution in [0, 0.1) is 19.3 Å². The van der Waals surface area contributed by atoms with E-state index in [-0.39, 0.29) is 17.4 Å². The minimum absolute atomic E-state index is 0.146. The molecule has 0 fully saturated rings. The second-order valence-corrected chi connectivity index (χ2v) is 9.65. The molecule has 2 rings (SSSR count). The highest BCUT2D eigenvalue weighted by Crippen LogP contribution is 2.13. The zero-order valence-electron chi connectivity index (χ0n) is 17.8. The molecule has 2 aromatic carbocycles. The number of carbonyl (C=O) groups excluding carboxylic acids is 1. The van der Waals surface area contributed by atoms with E-state index < -0.39 is 16.1 Å². The van der Waals surface area contributed by atoms with Gasteiger partial charge in [-0.25, -0.2) is 8.42 Å². The van der Waals surface area contributed by atoms with Crippen LogP contribution in [-0.2, 0) is 21.2 Å². The summed E-state index contributed by atoms with van der Waals surface area (Å²) in [6, 6.07) is 13.2. The van der Waals surface area contributed by atoms with Gasteiger partial charge in [0.1, 0.15) is 18.4 Å². The van der Waals surface area contributed by atoms with Crippen LogP contribution < -0.4 is 14.8 Å². The number of aryl methyl sites for hydroxylation is 1. The molecule has 0 bridgehead atoms. The van der Waals surface area contributed by atoms with E-state index >= 15 is 0 Å². The predicted molar refractivity (Wildman–Crippen MR) is 126 cm³/mol. The normalized spacial score (nSPS) is 12.0. The van der Waals surface area contributed by atoms with Crippen LogP contribution in [0.4, 0.5) is 0 Å². The SMILES string of the molecule is C#CCOc1ccc(CCNC(=O)C(CCSC)NS(=O)(=O)c2ccc(C)cc2)cc1. The average molecular weight is 461 g/mol. The summed E-state index contributed by atoms with van der Waals surface area (Å²) in [4.78, 5) is 12.8. The van der Waals surface area contributed by atoms with Crippen LogP contribution in [0.3, 0.4) is 0 Å².